The van der Waals surface area contributed by atoms with Crippen molar-refractivity contribution in [2.75, 3.05) is 12.3 Å². The molecule has 10 heteroatoms. The molecule has 0 saturated carbocycles. The Morgan fingerprint density at radius 3 is 2.90 bits per heavy atom. The van der Waals surface area contributed by atoms with Gasteiger partial charge in [0.25, 0.3) is 0 Å². The molecule has 1 saturated heterocycles. The van der Waals surface area contributed by atoms with Crippen molar-refractivity contribution in [1.82, 2.24) is 19.5 Å². The molecule has 0 aliphatic carbocycles. The molecule has 108 valence electrons. The minimum absolute atomic E-state index is 0.0615. The van der Waals surface area contributed by atoms with Crippen LogP contribution in [0.2, 0.25) is 5.28 Å². The highest BCUT2D eigenvalue weighted by atomic mass is 35.5. The summed E-state index contributed by atoms with van der Waals surface area (Å²) in [5.74, 6) is 0.0615. The second kappa shape index (κ2) is 4.77. The summed E-state index contributed by atoms with van der Waals surface area (Å²) < 4.78 is 20.6. The summed E-state index contributed by atoms with van der Waals surface area (Å²) in [5, 5.41) is 18.6. The second-order valence-electron chi connectivity index (χ2n) is 4.38. The van der Waals surface area contributed by atoms with E-state index in [9.17, 15) is 9.50 Å². The number of imidazole rings is 1. The number of hydrogen-bond acceptors (Lipinski definition) is 7. The van der Waals surface area contributed by atoms with Crippen LogP contribution in [-0.2, 0) is 4.74 Å². The molecular weight excluding hydrogens is 293 g/mol. The van der Waals surface area contributed by atoms with Crippen molar-refractivity contribution in [2.24, 2.45) is 0 Å². The van der Waals surface area contributed by atoms with Crippen LogP contribution in [0.4, 0.5) is 10.2 Å². The average Bonchev–Trinajstić information content (AvgIpc) is 2.93. The lowest BCUT2D eigenvalue weighted by atomic mass is 10.1. The molecule has 3 rings (SSSR count). The highest BCUT2D eigenvalue weighted by molar-refractivity contribution is 6.28. The Morgan fingerprint density at radius 2 is 2.25 bits per heavy atom. The van der Waals surface area contributed by atoms with Gasteiger partial charge in [0, 0.05) is 0 Å². The van der Waals surface area contributed by atoms with Crippen LogP contribution in [0.3, 0.4) is 0 Å². The zero-order chi connectivity index (χ0) is 14.4. The Labute approximate surface area is 117 Å². The third kappa shape index (κ3) is 1.90. The summed E-state index contributed by atoms with van der Waals surface area (Å²) >= 11 is 5.71. The molecule has 4 N–H and O–H groups in total. The number of ether oxygens (including phenoxy) is 1. The summed E-state index contributed by atoms with van der Waals surface area (Å²) in [5.41, 5.74) is 6.10. The number of nitrogens with zero attached hydrogens (tertiary/aromatic N) is 4. The number of fused-ring (bicyclic) bond motifs is 1. The molecule has 8 nitrogen and oxygen atoms in total. The minimum atomic E-state index is -1.74. The van der Waals surface area contributed by atoms with Crippen molar-refractivity contribution in [3.05, 3.63) is 11.6 Å². The number of hydrogen-bond donors (Lipinski definition) is 3. The van der Waals surface area contributed by atoms with Crippen molar-refractivity contribution in [1.29, 1.82) is 0 Å². The van der Waals surface area contributed by atoms with Gasteiger partial charge >= 0.3 is 0 Å². The average molecular weight is 304 g/mol. The lowest BCUT2D eigenvalue weighted by molar-refractivity contribution is -0.0459. The normalized spacial score (nSPS) is 30.2. The lowest BCUT2D eigenvalue weighted by Gasteiger charge is -2.15. The maximum Gasteiger partial charge on any atom is 0.226 e. The Balaban J connectivity index is 2.07. The molecule has 20 heavy (non-hydrogen) atoms. The summed E-state index contributed by atoms with van der Waals surface area (Å²) in [7, 11) is 0. The molecule has 0 bridgehead atoms. The van der Waals surface area contributed by atoms with E-state index in [1.165, 1.54) is 10.9 Å². The quantitative estimate of drug-likeness (QED) is 0.649. The molecule has 1 aliphatic heterocycles. The maximum absolute atomic E-state index is 14.1. The molecule has 4 atom stereocenters. The van der Waals surface area contributed by atoms with Gasteiger partial charge in [-0.2, -0.15) is 9.97 Å². The summed E-state index contributed by atoms with van der Waals surface area (Å²) in [6.45, 7) is -0.497. The third-order valence-electron chi connectivity index (χ3n) is 3.17. The van der Waals surface area contributed by atoms with Crippen LogP contribution in [0.15, 0.2) is 6.33 Å². The van der Waals surface area contributed by atoms with E-state index in [0.717, 1.165) is 0 Å². The van der Waals surface area contributed by atoms with Crippen LogP contribution >= 0.6 is 11.6 Å². The summed E-state index contributed by atoms with van der Waals surface area (Å²) in [6, 6.07) is 0. The molecule has 0 spiro atoms. The topological polar surface area (TPSA) is 119 Å². The van der Waals surface area contributed by atoms with E-state index < -0.39 is 31.2 Å². The first kappa shape index (κ1) is 13.4. The van der Waals surface area contributed by atoms with E-state index in [2.05, 4.69) is 15.0 Å². The number of alkyl halides is 1. The van der Waals surface area contributed by atoms with Crippen LogP contribution in [0.25, 0.3) is 11.2 Å². The fourth-order valence-corrected chi connectivity index (χ4v) is 2.35. The standard InChI is InChI=1S/C10H11ClFN5O3/c11-10-15-7(13)5-8(16-10)17(2-14-5)9-4(12)6(19)3(1-18)20-9/h2-4,6,9,18-19H,1H2,(H2,13,15,16)/t3-,4+,6?,9-/m1/s1. The number of aliphatic hydroxyl groups excluding tert-OH is 2. The van der Waals surface area contributed by atoms with Gasteiger partial charge in [0.05, 0.1) is 12.9 Å². The molecule has 3 heterocycles. The Hall–Kier alpha value is -1.55. The van der Waals surface area contributed by atoms with E-state index in [-0.39, 0.29) is 22.3 Å². The maximum atomic E-state index is 14.1. The van der Waals surface area contributed by atoms with E-state index in [1.54, 1.807) is 0 Å². The minimum Gasteiger partial charge on any atom is -0.394 e. The van der Waals surface area contributed by atoms with Crippen LogP contribution < -0.4 is 5.73 Å². The molecular formula is C10H11ClFN5O3. The number of anilines is 1. The van der Waals surface area contributed by atoms with Crippen LogP contribution in [0.1, 0.15) is 6.23 Å². The third-order valence-corrected chi connectivity index (χ3v) is 3.34. The Morgan fingerprint density at radius 1 is 1.50 bits per heavy atom. The zero-order valence-corrected chi connectivity index (χ0v) is 10.8. The number of aromatic nitrogens is 4. The predicted molar refractivity (Wildman–Crippen MR) is 66.6 cm³/mol. The number of aliphatic hydroxyl groups is 2. The van der Waals surface area contributed by atoms with E-state index in [4.69, 9.17) is 27.2 Å². The molecule has 2 aromatic rings. The molecule has 1 aliphatic rings. The van der Waals surface area contributed by atoms with Gasteiger partial charge in [0.2, 0.25) is 5.28 Å². The van der Waals surface area contributed by atoms with Crippen molar-refractivity contribution < 1.29 is 19.3 Å². The SMILES string of the molecule is Nc1nc(Cl)nc2c1ncn2[C@@H]1O[C@H](CO)C(O)[C@@H]1F. The van der Waals surface area contributed by atoms with Crippen LogP contribution in [0.5, 0.6) is 0 Å². The predicted octanol–water partition coefficient (Wildman–Crippen LogP) is -0.349. The second-order valence-corrected chi connectivity index (χ2v) is 4.72. The fourth-order valence-electron chi connectivity index (χ4n) is 2.18. The number of nitrogen functional groups attached to an aromatic ring is 1. The van der Waals surface area contributed by atoms with Gasteiger partial charge in [-0.15, -0.1) is 0 Å². The van der Waals surface area contributed by atoms with Gasteiger partial charge in [0.1, 0.15) is 17.7 Å². The number of rotatable bonds is 2. The molecule has 0 aromatic carbocycles. The molecule has 0 amide bonds. The van der Waals surface area contributed by atoms with E-state index >= 15 is 0 Å². The van der Waals surface area contributed by atoms with Gasteiger partial charge in [0.15, 0.2) is 23.9 Å². The lowest BCUT2D eigenvalue weighted by Crippen LogP contribution is -2.30. The molecule has 1 unspecified atom stereocenters. The van der Waals surface area contributed by atoms with Crippen molar-refractivity contribution >= 4 is 28.6 Å². The van der Waals surface area contributed by atoms with Crippen molar-refractivity contribution in [2.45, 2.75) is 24.6 Å². The molecule has 2 aromatic heterocycles. The Bertz CT molecular complexity index is 653. The van der Waals surface area contributed by atoms with Gasteiger partial charge in [-0.1, -0.05) is 0 Å². The molecule has 0 radical (unpaired) electrons. The fraction of sp³-hybridized carbons (Fsp3) is 0.500. The van der Waals surface area contributed by atoms with Crippen molar-refractivity contribution in [3.8, 4) is 0 Å². The summed E-state index contributed by atoms with van der Waals surface area (Å²) in [6.07, 6.45) is -4.08. The first-order valence-electron chi connectivity index (χ1n) is 5.77. The van der Waals surface area contributed by atoms with Gasteiger partial charge in [-0.25, -0.2) is 9.37 Å². The first-order chi connectivity index (χ1) is 9.52. The highest BCUT2D eigenvalue weighted by Crippen LogP contribution is 2.34. The monoisotopic (exact) mass is 303 g/mol. The number of halogens is 2. The van der Waals surface area contributed by atoms with E-state index in [1.807, 2.05) is 0 Å². The smallest absolute Gasteiger partial charge is 0.226 e. The van der Waals surface area contributed by atoms with Gasteiger partial charge in [-0.3, -0.25) is 4.57 Å². The largest absolute Gasteiger partial charge is 0.394 e. The Kier molecular flexibility index (Phi) is 3.21. The summed E-state index contributed by atoms with van der Waals surface area (Å²) in [4.78, 5) is 11.7. The zero-order valence-electron chi connectivity index (χ0n) is 10.0. The first-order valence-corrected chi connectivity index (χ1v) is 6.14. The highest BCUT2D eigenvalue weighted by Gasteiger charge is 2.45. The number of nitrogens with two attached hydrogens (primary N) is 1. The van der Waals surface area contributed by atoms with Crippen molar-refractivity contribution in [3.63, 3.8) is 0 Å². The van der Waals surface area contributed by atoms with Crippen LogP contribution in [0, 0.1) is 0 Å². The molecule has 1 fully saturated rings. The van der Waals surface area contributed by atoms with Crippen LogP contribution in [-0.4, -0.2) is 54.7 Å². The van der Waals surface area contributed by atoms with Gasteiger partial charge < -0.3 is 20.7 Å². The van der Waals surface area contributed by atoms with Gasteiger partial charge in [-0.05, 0) is 11.6 Å². The van der Waals surface area contributed by atoms with E-state index in [0.29, 0.717) is 0 Å².